The maximum absolute atomic E-state index is 5.63. The van der Waals surface area contributed by atoms with Crippen LogP contribution in [0.1, 0.15) is 25.3 Å². The topological polar surface area (TPSA) is 18.5 Å². The molecule has 0 saturated carbocycles. The van der Waals surface area contributed by atoms with E-state index in [1.165, 1.54) is 5.56 Å². The normalized spacial score (nSPS) is 21.5. The molecule has 0 aromatic heterocycles. The highest BCUT2D eigenvalue weighted by Crippen LogP contribution is 2.27. The van der Waals surface area contributed by atoms with Gasteiger partial charge in [-0.3, -0.25) is 0 Å². The van der Waals surface area contributed by atoms with Gasteiger partial charge in [0.15, 0.2) is 5.79 Å². The second-order valence-corrected chi connectivity index (χ2v) is 5.19. The Hall–Kier alpha value is -0.380. The van der Waals surface area contributed by atoms with Crippen LogP contribution in [-0.2, 0) is 9.47 Å². The molecule has 15 heavy (non-hydrogen) atoms. The fraction of sp³-hybridized carbons (Fsp3) is 0.500. The summed E-state index contributed by atoms with van der Waals surface area (Å²) < 4.78 is 12.4. The van der Waals surface area contributed by atoms with Crippen molar-refractivity contribution in [3.05, 3.63) is 34.3 Å². The van der Waals surface area contributed by atoms with Crippen LogP contribution in [-0.4, -0.2) is 19.0 Å². The van der Waals surface area contributed by atoms with Crippen molar-refractivity contribution in [2.75, 3.05) is 13.2 Å². The first-order valence-electron chi connectivity index (χ1n) is 5.10. The van der Waals surface area contributed by atoms with E-state index in [1.807, 2.05) is 13.8 Å². The van der Waals surface area contributed by atoms with Crippen LogP contribution < -0.4 is 0 Å². The summed E-state index contributed by atoms with van der Waals surface area (Å²) in [5, 5.41) is 0. The Morgan fingerprint density at radius 3 is 2.20 bits per heavy atom. The molecule has 0 aliphatic carbocycles. The Labute approximate surface area is 98.7 Å². The van der Waals surface area contributed by atoms with Gasteiger partial charge in [-0.05, 0) is 31.5 Å². The lowest BCUT2D eigenvalue weighted by Crippen LogP contribution is -2.38. The van der Waals surface area contributed by atoms with Crippen LogP contribution in [0.5, 0.6) is 0 Å². The van der Waals surface area contributed by atoms with Gasteiger partial charge in [0.25, 0.3) is 0 Å². The van der Waals surface area contributed by atoms with Crippen LogP contribution in [0.3, 0.4) is 0 Å². The molecule has 0 bridgehead atoms. The van der Waals surface area contributed by atoms with Gasteiger partial charge in [0.1, 0.15) is 0 Å². The van der Waals surface area contributed by atoms with E-state index in [1.54, 1.807) is 0 Å². The largest absolute Gasteiger partial charge is 0.350 e. The van der Waals surface area contributed by atoms with E-state index in [0.717, 1.165) is 17.7 Å². The van der Waals surface area contributed by atoms with Gasteiger partial charge in [-0.1, -0.05) is 28.1 Å². The molecule has 3 heteroatoms. The van der Waals surface area contributed by atoms with Crippen LogP contribution in [0, 0.1) is 0 Å². The van der Waals surface area contributed by atoms with E-state index >= 15 is 0 Å². The van der Waals surface area contributed by atoms with E-state index in [4.69, 9.17) is 9.47 Å². The lowest BCUT2D eigenvalue weighted by atomic mass is 10.00. The molecule has 1 aliphatic rings. The average molecular weight is 271 g/mol. The van der Waals surface area contributed by atoms with Crippen molar-refractivity contribution in [3.63, 3.8) is 0 Å². The molecule has 0 radical (unpaired) electrons. The summed E-state index contributed by atoms with van der Waals surface area (Å²) in [7, 11) is 0. The molecule has 2 nitrogen and oxygen atoms in total. The maximum atomic E-state index is 5.63. The van der Waals surface area contributed by atoms with Gasteiger partial charge >= 0.3 is 0 Å². The molecule has 1 aromatic rings. The lowest BCUT2D eigenvalue weighted by Gasteiger charge is -2.35. The van der Waals surface area contributed by atoms with E-state index in [2.05, 4.69) is 40.2 Å². The minimum absolute atomic E-state index is 0.353. The van der Waals surface area contributed by atoms with Gasteiger partial charge in [0, 0.05) is 10.4 Å². The van der Waals surface area contributed by atoms with Gasteiger partial charge in [0.2, 0.25) is 0 Å². The average Bonchev–Trinajstić information content (AvgIpc) is 2.20. The first-order chi connectivity index (χ1) is 7.07. The molecule has 0 unspecified atom stereocenters. The molecule has 0 N–H and O–H groups in total. The maximum Gasteiger partial charge on any atom is 0.162 e. The molecule has 1 saturated heterocycles. The van der Waals surface area contributed by atoms with Crippen LogP contribution in [0.4, 0.5) is 0 Å². The fourth-order valence-electron chi connectivity index (χ4n) is 1.62. The molecule has 1 heterocycles. The van der Waals surface area contributed by atoms with E-state index < -0.39 is 5.79 Å². The number of hydrogen-bond donors (Lipinski definition) is 0. The van der Waals surface area contributed by atoms with Gasteiger partial charge in [-0.15, -0.1) is 0 Å². The molecule has 1 aliphatic heterocycles. The van der Waals surface area contributed by atoms with Crippen molar-refractivity contribution < 1.29 is 9.47 Å². The molecule has 0 atom stereocenters. The van der Waals surface area contributed by atoms with Crippen LogP contribution in [0.2, 0.25) is 0 Å². The standard InChI is InChI=1S/C12H15BrO2/c1-12(2)14-7-10(8-15-12)9-3-5-11(13)6-4-9/h3-6,10H,7-8H2,1-2H3. The van der Waals surface area contributed by atoms with Crippen molar-refractivity contribution >= 4 is 15.9 Å². The zero-order chi connectivity index (χ0) is 10.9. The lowest BCUT2D eigenvalue weighted by molar-refractivity contribution is -0.251. The third kappa shape index (κ3) is 2.80. The van der Waals surface area contributed by atoms with Crippen LogP contribution >= 0.6 is 15.9 Å². The predicted molar refractivity (Wildman–Crippen MR) is 62.9 cm³/mol. The second-order valence-electron chi connectivity index (χ2n) is 4.27. The fourth-order valence-corrected chi connectivity index (χ4v) is 1.88. The molecular formula is C12H15BrO2. The monoisotopic (exact) mass is 270 g/mol. The van der Waals surface area contributed by atoms with E-state index in [-0.39, 0.29) is 0 Å². The smallest absolute Gasteiger partial charge is 0.162 e. The molecule has 82 valence electrons. The third-order valence-electron chi connectivity index (χ3n) is 2.61. The van der Waals surface area contributed by atoms with Crippen molar-refractivity contribution in [2.24, 2.45) is 0 Å². The summed E-state index contributed by atoms with van der Waals surface area (Å²) in [5.74, 6) is -0.0718. The quantitative estimate of drug-likeness (QED) is 0.780. The number of benzene rings is 1. The highest BCUT2D eigenvalue weighted by Gasteiger charge is 2.28. The zero-order valence-corrected chi connectivity index (χ0v) is 10.6. The van der Waals surface area contributed by atoms with E-state index in [0.29, 0.717) is 5.92 Å². The Morgan fingerprint density at radius 2 is 1.67 bits per heavy atom. The third-order valence-corrected chi connectivity index (χ3v) is 3.13. The van der Waals surface area contributed by atoms with Crippen LogP contribution in [0.15, 0.2) is 28.7 Å². The Balaban J connectivity index is 2.04. The molecule has 1 aromatic carbocycles. The summed E-state index contributed by atoms with van der Waals surface area (Å²) in [6, 6.07) is 8.32. The Kier molecular flexibility index (Phi) is 3.14. The highest BCUT2D eigenvalue weighted by atomic mass is 79.9. The van der Waals surface area contributed by atoms with Gasteiger partial charge in [-0.25, -0.2) is 0 Å². The molecule has 2 rings (SSSR count). The minimum atomic E-state index is -0.425. The van der Waals surface area contributed by atoms with Crippen molar-refractivity contribution in [1.82, 2.24) is 0 Å². The minimum Gasteiger partial charge on any atom is -0.350 e. The first-order valence-corrected chi connectivity index (χ1v) is 5.89. The van der Waals surface area contributed by atoms with Gasteiger partial charge in [0.05, 0.1) is 13.2 Å². The van der Waals surface area contributed by atoms with Crippen LogP contribution in [0.25, 0.3) is 0 Å². The zero-order valence-electron chi connectivity index (χ0n) is 9.00. The molecule has 0 amide bonds. The summed E-state index contributed by atoms with van der Waals surface area (Å²) in [6.45, 7) is 5.36. The molecular weight excluding hydrogens is 256 g/mol. The van der Waals surface area contributed by atoms with Crippen molar-refractivity contribution in [1.29, 1.82) is 0 Å². The highest BCUT2D eigenvalue weighted by molar-refractivity contribution is 9.10. The second kappa shape index (κ2) is 4.24. The number of hydrogen-bond acceptors (Lipinski definition) is 2. The number of halogens is 1. The summed E-state index contributed by atoms with van der Waals surface area (Å²) >= 11 is 3.43. The molecule has 0 spiro atoms. The van der Waals surface area contributed by atoms with E-state index in [9.17, 15) is 0 Å². The summed E-state index contributed by atoms with van der Waals surface area (Å²) in [6.07, 6.45) is 0. The number of rotatable bonds is 1. The van der Waals surface area contributed by atoms with Gasteiger partial charge < -0.3 is 9.47 Å². The SMILES string of the molecule is CC1(C)OCC(c2ccc(Br)cc2)CO1. The van der Waals surface area contributed by atoms with Crippen molar-refractivity contribution in [2.45, 2.75) is 25.6 Å². The predicted octanol–water partition coefficient (Wildman–Crippen LogP) is 3.32. The number of ether oxygens (including phenoxy) is 2. The summed E-state index contributed by atoms with van der Waals surface area (Å²) in [4.78, 5) is 0. The Bertz CT molecular complexity index is 322. The Morgan fingerprint density at radius 1 is 1.13 bits per heavy atom. The van der Waals surface area contributed by atoms with Gasteiger partial charge in [-0.2, -0.15) is 0 Å². The molecule has 1 fully saturated rings. The van der Waals surface area contributed by atoms with Crippen molar-refractivity contribution in [3.8, 4) is 0 Å². The first kappa shape index (κ1) is 11.1. The summed E-state index contributed by atoms with van der Waals surface area (Å²) in [5.41, 5.74) is 1.27.